The van der Waals surface area contributed by atoms with Crippen molar-refractivity contribution >= 4 is 29.4 Å². The van der Waals surface area contributed by atoms with Crippen LogP contribution in [0.4, 0.5) is 24.7 Å². The third-order valence-corrected chi connectivity index (χ3v) is 5.71. The second-order valence-electron chi connectivity index (χ2n) is 8.51. The molecule has 2 heterocycles. The highest BCUT2D eigenvalue weighted by atomic mass is 19.4. The highest BCUT2D eigenvalue weighted by Gasteiger charge is 2.34. The van der Waals surface area contributed by atoms with Gasteiger partial charge in [0.2, 0.25) is 5.88 Å². The second-order valence-corrected chi connectivity index (χ2v) is 8.51. The first-order valence-corrected chi connectivity index (χ1v) is 11.6. The third kappa shape index (κ3) is 6.52. The third-order valence-electron chi connectivity index (χ3n) is 5.71. The summed E-state index contributed by atoms with van der Waals surface area (Å²) in [5.41, 5.74) is 0.207. The fraction of sp³-hybridized carbons (Fsp3) is 0.240. The number of ether oxygens (including phenoxy) is 1. The van der Waals surface area contributed by atoms with E-state index < -0.39 is 23.6 Å². The topological polar surface area (TPSA) is 170 Å². The minimum atomic E-state index is -4.97. The van der Waals surface area contributed by atoms with Crippen LogP contribution in [-0.2, 0) is 11.3 Å². The van der Waals surface area contributed by atoms with Crippen molar-refractivity contribution in [1.29, 1.82) is 10.8 Å². The minimum Gasteiger partial charge on any atom is -0.480 e. The molecule has 0 unspecified atom stereocenters. The van der Waals surface area contributed by atoms with Gasteiger partial charge in [0.15, 0.2) is 5.82 Å². The number of aliphatic carboxylic acids is 1. The number of aromatic nitrogens is 4. The van der Waals surface area contributed by atoms with Crippen LogP contribution < -0.4 is 15.4 Å². The molecule has 0 aliphatic heterocycles. The van der Waals surface area contributed by atoms with Crippen molar-refractivity contribution in [3.05, 3.63) is 65.4 Å². The standard InChI is InChI=1S/C25H23F3N8O3/c1-39-23-19(20(14-4-5-14)33-12-34-23)22-32-11-15(9-29)21(36-22)31-10-13-2-6-16(7-3-13)35-17(24(37)38)8-18(30)25(26,27)28/h2-3,6-9,11-12,14,29-30,35H,4-5,10H2,1H3,(H,37,38)(H,31,32,36)/b17-8-,29-9?,30-18?. The van der Waals surface area contributed by atoms with E-state index in [0.717, 1.165) is 30.3 Å². The average Bonchev–Trinajstić information content (AvgIpc) is 3.76. The molecule has 39 heavy (non-hydrogen) atoms. The molecule has 5 N–H and O–H groups in total. The lowest BCUT2D eigenvalue weighted by Crippen LogP contribution is -2.22. The molecule has 14 heteroatoms. The minimum absolute atomic E-state index is 0.213. The number of carboxylic acids is 1. The number of nitrogens with one attached hydrogen (secondary N) is 4. The first kappa shape index (κ1) is 27.2. The highest BCUT2D eigenvalue weighted by Crippen LogP contribution is 2.44. The lowest BCUT2D eigenvalue weighted by Gasteiger charge is -2.14. The Hall–Kier alpha value is -4.88. The maximum atomic E-state index is 12.6. The van der Waals surface area contributed by atoms with Crippen molar-refractivity contribution in [2.45, 2.75) is 31.5 Å². The number of allylic oxidation sites excluding steroid dienone is 1. The molecule has 1 aromatic carbocycles. The lowest BCUT2D eigenvalue weighted by molar-refractivity contribution is -0.132. The number of benzene rings is 1. The molecular formula is C25H23F3N8O3. The number of alkyl halides is 3. The Bertz CT molecular complexity index is 1440. The van der Waals surface area contributed by atoms with Crippen LogP contribution >= 0.6 is 0 Å². The molecule has 0 amide bonds. The number of carbonyl (C=O) groups is 1. The summed E-state index contributed by atoms with van der Waals surface area (Å²) in [4.78, 5) is 28.9. The molecular weight excluding hydrogens is 517 g/mol. The van der Waals surface area contributed by atoms with Crippen LogP contribution in [0.1, 0.15) is 35.6 Å². The van der Waals surface area contributed by atoms with Gasteiger partial charge < -0.3 is 25.9 Å². The van der Waals surface area contributed by atoms with Gasteiger partial charge in [-0.15, -0.1) is 0 Å². The van der Waals surface area contributed by atoms with E-state index in [1.165, 1.54) is 31.8 Å². The van der Waals surface area contributed by atoms with Crippen LogP contribution in [0.3, 0.4) is 0 Å². The second kappa shape index (κ2) is 11.2. The van der Waals surface area contributed by atoms with E-state index in [-0.39, 0.29) is 24.2 Å². The van der Waals surface area contributed by atoms with Crippen LogP contribution in [0.15, 0.2) is 48.6 Å². The van der Waals surface area contributed by atoms with E-state index in [4.69, 9.17) is 15.6 Å². The first-order chi connectivity index (χ1) is 18.6. The SMILES string of the molecule is COc1ncnc(C2CC2)c1-c1ncc(C=N)c(NCc2ccc(N/C(=C\C(=N)C(F)(F)F)C(=O)O)cc2)n1. The number of hydrogen-bond acceptors (Lipinski definition) is 10. The Balaban J connectivity index is 1.52. The van der Waals surface area contributed by atoms with Crippen LogP contribution in [-0.4, -0.2) is 56.2 Å². The fourth-order valence-corrected chi connectivity index (χ4v) is 3.60. The predicted octanol–water partition coefficient (Wildman–Crippen LogP) is 4.39. The van der Waals surface area contributed by atoms with E-state index in [2.05, 4.69) is 30.6 Å². The van der Waals surface area contributed by atoms with Gasteiger partial charge in [0.25, 0.3) is 0 Å². The molecule has 0 saturated heterocycles. The highest BCUT2D eigenvalue weighted by molar-refractivity contribution is 6.04. The lowest BCUT2D eigenvalue weighted by atomic mass is 10.1. The van der Waals surface area contributed by atoms with Gasteiger partial charge in [-0.1, -0.05) is 12.1 Å². The maximum Gasteiger partial charge on any atom is 0.432 e. The summed E-state index contributed by atoms with van der Waals surface area (Å²) in [6.07, 6.45) is 1.29. The number of anilines is 2. The molecule has 11 nitrogen and oxygen atoms in total. The van der Waals surface area contributed by atoms with Gasteiger partial charge in [-0.3, -0.25) is 5.41 Å². The van der Waals surface area contributed by atoms with Crippen LogP contribution in [0, 0.1) is 10.8 Å². The molecule has 3 aromatic rings. The molecule has 1 aliphatic carbocycles. The summed E-state index contributed by atoms with van der Waals surface area (Å²) in [5, 5.41) is 29.5. The number of rotatable bonds is 11. The zero-order chi connectivity index (χ0) is 28.2. The monoisotopic (exact) mass is 540 g/mol. The Morgan fingerprint density at radius 3 is 2.51 bits per heavy atom. The number of halogens is 3. The fourth-order valence-electron chi connectivity index (χ4n) is 3.60. The zero-order valence-corrected chi connectivity index (χ0v) is 20.5. The summed E-state index contributed by atoms with van der Waals surface area (Å²) in [6.45, 7) is 0.260. The van der Waals surface area contributed by atoms with Gasteiger partial charge in [0.1, 0.15) is 29.1 Å². The van der Waals surface area contributed by atoms with Crippen molar-refractivity contribution < 1.29 is 27.8 Å². The van der Waals surface area contributed by atoms with Gasteiger partial charge in [0, 0.05) is 30.6 Å². The van der Waals surface area contributed by atoms with E-state index in [9.17, 15) is 23.1 Å². The molecule has 0 spiro atoms. The van der Waals surface area contributed by atoms with Gasteiger partial charge >= 0.3 is 12.1 Å². The Morgan fingerprint density at radius 1 is 1.21 bits per heavy atom. The van der Waals surface area contributed by atoms with Crippen molar-refractivity contribution in [1.82, 2.24) is 19.9 Å². The summed E-state index contributed by atoms with van der Waals surface area (Å²) < 4.78 is 43.3. The van der Waals surface area contributed by atoms with E-state index in [1.807, 2.05) is 0 Å². The summed E-state index contributed by atoms with van der Waals surface area (Å²) in [6, 6.07) is 6.24. The average molecular weight is 541 g/mol. The zero-order valence-electron chi connectivity index (χ0n) is 20.5. The largest absolute Gasteiger partial charge is 0.480 e. The van der Waals surface area contributed by atoms with E-state index >= 15 is 0 Å². The first-order valence-electron chi connectivity index (χ1n) is 11.6. The number of nitrogens with zero attached hydrogens (tertiary/aromatic N) is 4. The van der Waals surface area contributed by atoms with Crippen molar-refractivity contribution in [3.8, 4) is 17.3 Å². The van der Waals surface area contributed by atoms with E-state index in [1.54, 1.807) is 12.1 Å². The smallest absolute Gasteiger partial charge is 0.432 e. The molecule has 202 valence electrons. The molecule has 1 saturated carbocycles. The van der Waals surface area contributed by atoms with Crippen molar-refractivity contribution in [2.75, 3.05) is 17.7 Å². The van der Waals surface area contributed by atoms with Crippen LogP contribution in [0.2, 0.25) is 0 Å². The van der Waals surface area contributed by atoms with E-state index in [0.29, 0.717) is 28.6 Å². The van der Waals surface area contributed by atoms with Gasteiger partial charge in [-0.05, 0) is 36.6 Å². The normalized spacial score (nSPS) is 13.5. The number of carboxylic acid groups (broad SMARTS) is 1. The number of methoxy groups -OCH3 is 1. The molecule has 0 atom stereocenters. The molecule has 0 radical (unpaired) electrons. The molecule has 1 fully saturated rings. The van der Waals surface area contributed by atoms with Gasteiger partial charge in [-0.2, -0.15) is 13.2 Å². The number of hydrogen-bond donors (Lipinski definition) is 5. The summed E-state index contributed by atoms with van der Waals surface area (Å²) in [7, 11) is 1.50. The Labute approximate surface area is 220 Å². The van der Waals surface area contributed by atoms with Crippen LogP contribution in [0.5, 0.6) is 5.88 Å². The molecule has 4 rings (SSSR count). The van der Waals surface area contributed by atoms with Gasteiger partial charge in [-0.25, -0.2) is 24.7 Å². The predicted molar refractivity (Wildman–Crippen MR) is 136 cm³/mol. The summed E-state index contributed by atoms with van der Waals surface area (Å²) in [5.74, 6) is -0.282. The van der Waals surface area contributed by atoms with Crippen LogP contribution in [0.25, 0.3) is 11.4 Å². The summed E-state index contributed by atoms with van der Waals surface area (Å²) >= 11 is 0. The van der Waals surface area contributed by atoms with Crippen molar-refractivity contribution in [2.24, 2.45) is 0 Å². The Kier molecular flexibility index (Phi) is 7.83. The molecule has 0 bridgehead atoms. The van der Waals surface area contributed by atoms with Gasteiger partial charge in [0.05, 0.1) is 18.4 Å². The Morgan fingerprint density at radius 2 is 1.92 bits per heavy atom. The quantitative estimate of drug-likeness (QED) is 0.175. The molecule has 2 aromatic heterocycles. The molecule has 1 aliphatic rings. The van der Waals surface area contributed by atoms with Crippen molar-refractivity contribution in [3.63, 3.8) is 0 Å². The maximum absolute atomic E-state index is 12.6.